The fourth-order valence-electron chi connectivity index (χ4n) is 2.49. The van der Waals surface area contributed by atoms with E-state index in [1.54, 1.807) is 23.1 Å². The van der Waals surface area contributed by atoms with Crippen molar-refractivity contribution in [2.45, 2.75) is 19.6 Å². The standard InChI is InChI=1S/C18H19N3O3/c1-13-10-15(20-19-13)18(23)21(11-14-6-3-2-4-7-14)12-16(22)17-8-5-9-24-17/h2-10,16,22H,11-12H2,1H3,(H,19,20). The lowest BCUT2D eigenvalue weighted by atomic mass is 10.1. The number of aryl methyl sites for hydroxylation is 1. The van der Waals surface area contributed by atoms with Crippen molar-refractivity contribution in [2.24, 2.45) is 0 Å². The molecule has 1 unspecified atom stereocenters. The molecule has 124 valence electrons. The topological polar surface area (TPSA) is 82.4 Å². The molecule has 3 rings (SSSR count). The molecule has 1 aromatic carbocycles. The molecule has 0 aliphatic heterocycles. The van der Waals surface area contributed by atoms with E-state index in [4.69, 9.17) is 4.42 Å². The van der Waals surface area contributed by atoms with Gasteiger partial charge in [-0.1, -0.05) is 30.3 Å². The van der Waals surface area contributed by atoms with E-state index in [1.165, 1.54) is 6.26 Å². The molecule has 6 nitrogen and oxygen atoms in total. The Morgan fingerprint density at radius 3 is 2.71 bits per heavy atom. The number of aliphatic hydroxyl groups is 1. The molecule has 1 atom stereocenters. The number of hydrogen-bond acceptors (Lipinski definition) is 4. The van der Waals surface area contributed by atoms with Crippen LogP contribution in [0.15, 0.2) is 59.2 Å². The quantitative estimate of drug-likeness (QED) is 0.730. The van der Waals surface area contributed by atoms with Crippen LogP contribution in [0.5, 0.6) is 0 Å². The second kappa shape index (κ2) is 7.14. The average molecular weight is 325 g/mol. The van der Waals surface area contributed by atoms with Crippen LogP contribution in [0.2, 0.25) is 0 Å². The first-order chi connectivity index (χ1) is 11.6. The van der Waals surface area contributed by atoms with Gasteiger partial charge in [0.25, 0.3) is 5.91 Å². The molecule has 0 saturated heterocycles. The molecule has 6 heteroatoms. The number of hydrogen-bond donors (Lipinski definition) is 2. The fourth-order valence-corrected chi connectivity index (χ4v) is 2.49. The zero-order valence-corrected chi connectivity index (χ0v) is 13.3. The molecule has 0 aliphatic carbocycles. The highest BCUT2D eigenvalue weighted by molar-refractivity contribution is 5.92. The Labute approximate surface area is 139 Å². The third-order valence-corrected chi connectivity index (χ3v) is 3.69. The summed E-state index contributed by atoms with van der Waals surface area (Å²) in [5, 5.41) is 17.1. The highest BCUT2D eigenvalue weighted by Gasteiger charge is 2.23. The third kappa shape index (κ3) is 3.72. The Morgan fingerprint density at radius 1 is 1.29 bits per heavy atom. The van der Waals surface area contributed by atoms with E-state index >= 15 is 0 Å². The summed E-state index contributed by atoms with van der Waals surface area (Å²) in [6.07, 6.45) is 0.603. The van der Waals surface area contributed by atoms with Crippen LogP contribution in [0.4, 0.5) is 0 Å². The van der Waals surface area contributed by atoms with Crippen molar-refractivity contribution in [3.05, 3.63) is 77.5 Å². The summed E-state index contributed by atoms with van der Waals surface area (Å²) < 4.78 is 5.23. The van der Waals surface area contributed by atoms with E-state index in [0.717, 1.165) is 11.3 Å². The summed E-state index contributed by atoms with van der Waals surface area (Å²) in [6, 6.07) is 14.7. The maximum Gasteiger partial charge on any atom is 0.274 e. The Hall–Kier alpha value is -2.86. The number of benzene rings is 1. The molecular formula is C18H19N3O3. The lowest BCUT2D eigenvalue weighted by Crippen LogP contribution is -2.34. The number of nitrogens with one attached hydrogen (secondary N) is 1. The highest BCUT2D eigenvalue weighted by Crippen LogP contribution is 2.18. The van der Waals surface area contributed by atoms with Crippen molar-refractivity contribution >= 4 is 5.91 Å². The number of aromatic nitrogens is 2. The SMILES string of the molecule is Cc1cc(C(=O)N(Cc2ccccc2)CC(O)c2ccco2)n[nH]1. The van der Waals surface area contributed by atoms with Gasteiger partial charge < -0.3 is 14.4 Å². The van der Waals surface area contributed by atoms with E-state index in [9.17, 15) is 9.90 Å². The molecule has 0 aliphatic rings. The maximum atomic E-state index is 12.8. The number of aliphatic hydroxyl groups excluding tert-OH is 1. The van der Waals surface area contributed by atoms with Gasteiger partial charge in [-0.05, 0) is 30.7 Å². The van der Waals surface area contributed by atoms with Crippen LogP contribution in [0, 0.1) is 6.92 Å². The van der Waals surface area contributed by atoms with E-state index in [-0.39, 0.29) is 12.5 Å². The minimum absolute atomic E-state index is 0.118. The molecule has 3 aromatic rings. The molecule has 2 aromatic heterocycles. The van der Waals surface area contributed by atoms with Gasteiger partial charge in [0.1, 0.15) is 17.6 Å². The Balaban J connectivity index is 1.81. The lowest BCUT2D eigenvalue weighted by Gasteiger charge is -2.24. The summed E-state index contributed by atoms with van der Waals surface area (Å²) in [4.78, 5) is 14.3. The van der Waals surface area contributed by atoms with Crippen molar-refractivity contribution in [3.63, 3.8) is 0 Å². The van der Waals surface area contributed by atoms with Gasteiger partial charge in [0.15, 0.2) is 0 Å². The molecule has 0 bridgehead atoms. The number of carbonyl (C=O) groups excluding carboxylic acids is 1. The van der Waals surface area contributed by atoms with Crippen molar-refractivity contribution in [3.8, 4) is 0 Å². The number of rotatable bonds is 6. The molecule has 24 heavy (non-hydrogen) atoms. The minimum atomic E-state index is -0.896. The Morgan fingerprint density at radius 2 is 2.08 bits per heavy atom. The van der Waals surface area contributed by atoms with Crippen molar-refractivity contribution in [1.29, 1.82) is 0 Å². The third-order valence-electron chi connectivity index (χ3n) is 3.69. The molecular weight excluding hydrogens is 306 g/mol. The van der Waals surface area contributed by atoms with Crippen molar-refractivity contribution in [1.82, 2.24) is 15.1 Å². The predicted octanol–water partition coefficient (Wildman–Crippen LogP) is 2.69. The number of H-pyrrole nitrogens is 1. The van der Waals surface area contributed by atoms with Gasteiger partial charge in [-0.3, -0.25) is 9.89 Å². The van der Waals surface area contributed by atoms with Crippen LogP contribution in [0.3, 0.4) is 0 Å². The predicted molar refractivity (Wildman–Crippen MR) is 88.2 cm³/mol. The van der Waals surface area contributed by atoms with E-state index in [2.05, 4.69) is 10.2 Å². The smallest absolute Gasteiger partial charge is 0.274 e. The largest absolute Gasteiger partial charge is 0.467 e. The first-order valence-corrected chi connectivity index (χ1v) is 7.70. The molecule has 2 N–H and O–H groups in total. The van der Waals surface area contributed by atoms with Crippen LogP contribution in [0.25, 0.3) is 0 Å². The Kier molecular flexibility index (Phi) is 4.77. The summed E-state index contributed by atoms with van der Waals surface area (Å²) in [6.45, 7) is 2.33. The van der Waals surface area contributed by atoms with Gasteiger partial charge in [0.05, 0.1) is 12.8 Å². The van der Waals surface area contributed by atoms with Crippen LogP contribution in [0.1, 0.15) is 33.6 Å². The lowest BCUT2D eigenvalue weighted by molar-refractivity contribution is 0.0558. The zero-order valence-electron chi connectivity index (χ0n) is 13.3. The van der Waals surface area contributed by atoms with Crippen LogP contribution >= 0.6 is 0 Å². The zero-order chi connectivity index (χ0) is 16.9. The second-order valence-electron chi connectivity index (χ2n) is 5.64. The summed E-state index contributed by atoms with van der Waals surface area (Å²) in [5.41, 5.74) is 2.12. The van der Waals surface area contributed by atoms with Gasteiger partial charge in [0, 0.05) is 12.2 Å². The monoisotopic (exact) mass is 325 g/mol. The van der Waals surface area contributed by atoms with Gasteiger partial charge in [-0.2, -0.15) is 5.10 Å². The molecule has 0 fully saturated rings. The van der Waals surface area contributed by atoms with Crippen LogP contribution < -0.4 is 0 Å². The normalized spacial score (nSPS) is 12.1. The molecule has 1 amide bonds. The number of amides is 1. The van der Waals surface area contributed by atoms with Crippen molar-refractivity contribution < 1.29 is 14.3 Å². The number of furan rings is 1. The van der Waals surface area contributed by atoms with Gasteiger partial charge in [-0.25, -0.2) is 0 Å². The van der Waals surface area contributed by atoms with E-state index < -0.39 is 6.10 Å². The summed E-state index contributed by atoms with van der Waals surface area (Å²) >= 11 is 0. The highest BCUT2D eigenvalue weighted by atomic mass is 16.4. The second-order valence-corrected chi connectivity index (χ2v) is 5.64. The first kappa shape index (κ1) is 16.0. The molecule has 0 spiro atoms. The van der Waals surface area contributed by atoms with Crippen molar-refractivity contribution in [2.75, 3.05) is 6.54 Å². The van der Waals surface area contributed by atoms with Crippen LogP contribution in [-0.2, 0) is 6.54 Å². The van der Waals surface area contributed by atoms with Gasteiger partial charge in [-0.15, -0.1) is 0 Å². The van der Waals surface area contributed by atoms with E-state index in [1.807, 2.05) is 37.3 Å². The summed E-state index contributed by atoms with van der Waals surface area (Å²) in [5.74, 6) is 0.188. The van der Waals surface area contributed by atoms with Gasteiger partial charge >= 0.3 is 0 Å². The fraction of sp³-hybridized carbons (Fsp3) is 0.222. The maximum absolute atomic E-state index is 12.8. The van der Waals surface area contributed by atoms with Crippen LogP contribution in [-0.4, -0.2) is 32.7 Å². The molecule has 2 heterocycles. The van der Waals surface area contributed by atoms with E-state index in [0.29, 0.717) is 18.0 Å². The average Bonchev–Trinajstić information content (AvgIpc) is 3.26. The number of nitrogens with zero attached hydrogens (tertiary/aromatic N) is 2. The molecule has 0 radical (unpaired) electrons. The molecule has 0 saturated carbocycles. The number of aromatic amines is 1. The minimum Gasteiger partial charge on any atom is -0.467 e. The van der Waals surface area contributed by atoms with Gasteiger partial charge in [0.2, 0.25) is 0 Å². The first-order valence-electron chi connectivity index (χ1n) is 7.70. The summed E-state index contributed by atoms with van der Waals surface area (Å²) in [7, 11) is 0. The Bertz CT molecular complexity index is 781. The number of carbonyl (C=O) groups is 1.